The minimum Gasteiger partial charge on any atom is -0.304 e. The number of rotatable bonds is 4. The Morgan fingerprint density at radius 3 is 2.75 bits per heavy atom. The molecule has 0 aliphatic heterocycles. The van der Waals surface area contributed by atoms with Gasteiger partial charge in [-0.15, -0.1) is 11.3 Å². The second kappa shape index (κ2) is 6.59. The molecule has 0 atom stereocenters. The number of aryl methyl sites for hydroxylation is 1. The predicted octanol–water partition coefficient (Wildman–Crippen LogP) is 5.71. The average molecular weight is 372 g/mol. The molecule has 0 aliphatic rings. The van der Waals surface area contributed by atoms with Crippen LogP contribution in [0.1, 0.15) is 11.4 Å². The number of nitrogens with zero attached hydrogens (tertiary/aromatic N) is 3. The Morgan fingerprint density at radius 2 is 1.96 bits per heavy atom. The minimum absolute atomic E-state index is 0.741. The predicted molar refractivity (Wildman–Crippen MR) is 102 cm³/mol. The van der Waals surface area contributed by atoms with Crippen molar-refractivity contribution < 1.29 is 0 Å². The lowest BCUT2D eigenvalue weighted by molar-refractivity contribution is 1.09. The normalized spacial score (nSPS) is 11.2. The highest BCUT2D eigenvalue weighted by Gasteiger charge is 2.08. The highest BCUT2D eigenvalue weighted by molar-refractivity contribution is 8.00. The summed E-state index contributed by atoms with van der Waals surface area (Å²) in [6, 6.07) is 13.9. The van der Waals surface area contributed by atoms with Gasteiger partial charge in [0.15, 0.2) is 4.34 Å². The van der Waals surface area contributed by atoms with Crippen LogP contribution < -0.4 is 0 Å². The number of fused-ring (bicyclic) bond motifs is 1. The SMILES string of the molecule is Cc1cccc2nc(CSc3nc(-c4ccc(Cl)cc4)cs3)cn12. The van der Waals surface area contributed by atoms with Crippen LogP contribution in [0.5, 0.6) is 0 Å². The van der Waals surface area contributed by atoms with Gasteiger partial charge in [0.05, 0.1) is 11.4 Å². The third-order valence-corrected chi connectivity index (χ3v) is 6.02. The van der Waals surface area contributed by atoms with E-state index in [4.69, 9.17) is 16.6 Å². The highest BCUT2D eigenvalue weighted by Crippen LogP contribution is 2.30. The van der Waals surface area contributed by atoms with Crippen LogP contribution in [0.15, 0.2) is 58.4 Å². The van der Waals surface area contributed by atoms with Gasteiger partial charge in [0.1, 0.15) is 5.65 Å². The topological polar surface area (TPSA) is 30.2 Å². The molecule has 0 unspecified atom stereocenters. The van der Waals surface area contributed by atoms with Crippen molar-refractivity contribution in [3.05, 3.63) is 70.5 Å². The van der Waals surface area contributed by atoms with Gasteiger partial charge in [-0.05, 0) is 31.2 Å². The quantitative estimate of drug-likeness (QED) is 0.430. The molecule has 0 radical (unpaired) electrons. The van der Waals surface area contributed by atoms with E-state index in [-0.39, 0.29) is 0 Å². The zero-order valence-corrected chi connectivity index (χ0v) is 15.3. The van der Waals surface area contributed by atoms with Crippen LogP contribution in [0.3, 0.4) is 0 Å². The van der Waals surface area contributed by atoms with Crippen LogP contribution in [0.2, 0.25) is 5.02 Å². The number of hydrogen-bond donors (Lipinski definition) is 0. The molecule has 6 heteroatoms. The average Bonchev–Trinajstić information content (AvgIpc) is 3.21. The molecule has 4 rings (SSSR count). The van der Waals surface area contributed by atoms with Gasteiger partial charge in [0.25, 0.3) is 0 Å². The fraction of sp³-hybridized carbons (Fsp3) is 0.111. The van der Waals surface area contributed by atoms with E-state index in [0.717, 1.165) is 37.7 Å². The maximum absolute atomic E-state index is 5.94. The highest BCUT2D eigenvalue weighted by atomic mass is 35.5. The fourth-order valence-electron chi connectivity index (χ4n) is 2.48. The summed E-state index contributed by atoms with van der Waals surface area (Å²) in [7, 11) is 0. The van der Waals surface area contributed by atoms with Gasteiger partial charge in [-0.3, -0.25) is 0 Å². The first-order chi connectivity index (χ1) is 11.7. The second-order valence-electron chi connectivity index (χ2n) is 5.42. The van der Waals surface area contributed by atoms with E-state index in [0.29, 0.717) is 0 Å². The second-order valence-corrected chi connectivity index (χ2v) is 7.94. The Labute approximate surface area is 153 Å². The van der Waals surface area contributed by atoms with E-state index >= 15 is 0 Å². The Bertz CT molecular complexity index is 989. The minimum atomic E-state index is 0.741. The third kappa shape index (κ3) is 3.20. The lowest BCUT2D eigenvalue weighted by Gasteiger charge is -1.96. The maximum Gasteiger partial charge on any atom is 0.150 e. The first-order valence-corrected chi connectivity index (χ1v) is 9.71. The monoisotopic (exact) mass is 371 g/mol. The maximum atomic E-state index is 5.94. The van der Waals surface area contributed by atoms with Crippen LogP contribution in [-0.2, 0) is 5.75 Å². The summed E-state index contributed by atoms with van der Waals surface area (Å²) in [5.74, 6) is 0.814. The Kier molecular flexibility index (Phi) is 4.31. The van der Waals surface area contributed by atoms with E-state index < -0.39 is 0 Å². The standard InChI is InChI=1S/C18H14ClN3S2/c1-12-3-2-4-17-20-15(9-22(12)17)10-23-18-21-16(11-24-18)13-5-7-14(19)8-6-13/h2-9,11H,10H2,1H3. The Balaban J connectivity index is 1.49. The molecule has 0 N–H and O–H groups in total. The van der Waals surface area contributed by atoms with Crippen molar-refractivity contribution in [2.45, 2.75) is 17.0 Å². The smallest absolute Gasteiger partial charge is 0.150 e. The largest absolute Gasteiger partial charge is 0.304 e. The number of thiazole rings is 1. The van der Waals surface area contributed by atoms with Gasteiger partial charge in [-0.25, -0.2) is 9.97 Å². The van der Waals surface area contributed by atoms with Crippen molar-refractivity contribution in [2.75, 3.05) is 0 Å². The zero-order chi connectivity index (χ0) is 16.5. The first-order valence-electron chi connectivity index (χ1n) is 7.47. The van der Waals surface area contributed by atoms with E-state index in [9.17, 15) is 0 Å². The number of imidazole rings is 1. The molecule has 0 spiro atoms. The molecule has 120 valence electrons. The van der Waals surface area contributed by atoms with Crippen LogP contribution in [-0.4, -0.2) is 14.4 Å². The number of benzene rings is 1. The van der Waals surface area contributed by atoms with Gasteiger partial charge >= 0.3 is 0 Å². The summed E-state index contributed by atoms with van der Waals surface area (Å²) < 4.78 is 3.17. The number of thioether (sulfide) groups is 1. The number of halogens is 1. The summed E-state index contributed by atoms with van der Waals surface area (Å²) >= 11 is 9.32. The zero-order valence-electron chi connectivity index (χ0n) is 12.9. The van der Waals surface area contributed by atoms with Gasteiger partial charge in [-0.2, -0.15) is 0 Å². The van der Waals surface area contributed by atoms with Gasteiger partial charge in [-0.1, -0.05) is 41.6 Å². The summed E-state index contributed by atoms with van der Waals surface area (Å²) in [6.45, 7) is 2.09. The summed E-state index contributed by atoms with van der Waals surface area (Å²) in [6.07, 6.45) is 2.10. The molecule has 3 aromatic heterocycles. The Hall–Kier alpha value is -1.82. The fourth-order valence-corrected chi connectivity index (χ4v) is 4.33. The molecule has 4 aromatic rings. The molecule has 24 heavy (non-hydrogen) atoms. The van der Waals surface area contributed by atoms with E-state index in [1.807, 2.05) is 36.4 Å². The van der Waals surface area contributed by atoms with Crippen molar-refractivity contribution in [1.82, 2.24) is 14.4 Å². The number of aromatic nitrogens is 3. The number of pyridine rings is 1. The lowest BCUT2D eigenvalue weighted by Crippen LogP contribution is -1.86. The van der Waals surface area contributed by atoms with Crippen LogP contribution in [0.4, 0.5) is 0 Å². The molecule has 3 heterocycles. The molecule has 0 saturated carbocycles. The first kappa shape index (κ1) is 15.7. The van der Waals surface area contributed by atoms with E-state index in [1.54, 1.807) is 23.1 Å². The van der Waals surface area contributed by atoms with E-state index in [2.05, 4.69) is 34.0 Å². The molecule has 3 nitrogen and oxygen atoms in total. The molecule has 0 bridgehead atoms. The summed E-state index contributed by atoms with van der Waals surface area (Å²) in [4.78, 5) is 9.37. The molecular weight excluding hydrogens is 358 g/mol. The summed E-state index contributed by atoms with van der Waals surface area (Å²) in [5.41, 5.74) is 5.33. The molecule has 0 saturated heterocycles. The molecule has 0 amide bonds. The van der Waals surface area contributed by atoms with Crippen molar-refractivity contribution in [2.24, 2.45) is 0 Å². The third-order valence-electron chi connectivity index (χ3n) is 3.71. The van der Waals surface area contributed by atoms with Crippen LogP contribution in [0, 0.1) is 6.92 Å². The Morgan fingerprint density at radius 1 is 1.12 bits per heavy atom. The van der Waals surface area contributed by atoms with Crippen molar-refractivity contribution in [3.8, 4) is 11.3 Å². The van der Waals surface area contributed by atoms with Gasteiger partial charge in [0, 0.05) is 33.6 Å². The molecular formula is C18H14ClN3S2. The lowest BCUT2D eigenvalue weighted by atomic mass is 10.2. The molecule has 0 aliphatic carbocycles. The van der Waals surface area contributed by atoms with Crippen LogP contribution >= 0.6 is 34.7 Å². The van der Waals surface area contributed by atoms with Crippen molar-refractivity contribution in [3.63, 3.8) is 0 Å². The van der Waals surface area contributed by atoms with Gasteiger partial charge < -0.3 is 4.40 Å². The molecule has 0 fully saturated rings. The van der Waals surface area contributed by atoms with Crippen LogP contribution in [0.25, 0.3) is 16.9 Å². The van der Waals surface area contributed by atoms with Crippen molar-refractivity contribution >= 4 is 40.3 Å². The van der Waals surface area contributed by atoms with Crippen molar-refractivity contribution in [1.29, 1.82) is 0 Å². The number of hydrogen-bond acceptors (Lipinski definition) is 4. The van der Waals surface area contributed by atoms with Gasteiger partial charge in [0.2, 0.25) is 0 Å². The molecule has 1 aromatic carbocycles. The summed E-state index contributed by atoms with van der Waals surface area (Å²) in [5, 5.41) is 2.82. The van der Waals surface area contributed by atoms with E-state index in [1.165, 1.54) is 5.69 Å².